The molecule has 0 amide bonds. The molecule has 3 aliphatic heterocycles. The van der Waals surface area contributed by atoms with E-state index in [1.54, 1.807) is 30.3 Å². The Balaban J connectivity index is 1.38. The van der Waals surface area contributed by atoms with E-state index < -0.39 is 72.3 Å². The summed E-state index contributed by atoms with van der Waals surface area (Å²) in [5.41, 5.74) is -1.64. The van der Waals surface area contributed by atoms with Crippen LogP contribution < -0.4 is 0 Å². The third-order valence-electron chi connectivity index (χ3n) is 8.48. The van der Waals surface area contributed by atoms with Crippen LogP contribution in [0.2, 0.25) is 0 Å². The predicted molar refractivity (Wildman–Crippen MR) is 108 cm³/mol. The van der Waals surface area contributed by atoms with E-state index in [4.69, 9.17) is 23.7 Å². The summed E-state index contributed by atoms with van der Waals surface area (Å²) < 4.78 is 30.7. The highest BCUT2D eigenvalue weighted by Crippen LogP contribution is 2.77. The van der Waals surface area contributed by atoms with Crippen molar-refractivity contribution < 1.29 is 48.9 Å². The van der Waals surface area contributed by atoms with Crippen molar-refractivity contribution >= 4 is 5.97 Å². The first-order chi connectivity index (χ1) is 15.8. The van der Waals surface area contributed by atoms with Gasteiger partial charge in [-0.3, -0.25) is 0 Å². The molecular weight excluding hydrogens is 436 g/mol. The monoisotopic (exact) mass is 464 g/mol. The Labute approximate surface area is 190 Å². The van der Waals surface area contributed by atoms with Crippen LogP contribution in [0, 0.1) is 11.3 Å². The van der Waals surface area contributed by atoms with E-state index >= 15 is 0 Å². The van der Waals surface area contributed by atoms with Gasteiger partial charge in [0.1, 0.15) is 36.6 Å². The minimum absolute atomic E-state index is 0.103. The molecule has 5 fully saturated rings. The quantitative estimate of drug-likeness (QED) is 0.423. The molecule has 4 N–H and O–H groups in total. The van der Waals surface area contributed by atoms with E-state index in [1.165, 1.54) is 0 Å². The molecule has 10 heteroatoms. The second kappa shape index (κ2) is 7.19. The summed E-state index contributed by atoms with van der Waals surface area (Å²) in [6, 6.07) is 8.59. The number of ether oxygens (including phenoxy) is 5. The van der Waals surface area contributed by atoms with Crippen LogP contribution in [0.1, 0.15) is 30.1 Å². The highest BCUT2D eigenvalue weighted by atomic mass is 16.8. The maximum absolute atomic E-state index is 12.8. The van der Waals surface area contributed by atoms with Crippen molar-refractivity contribution in [2.45, 2.75) is 74.1 Å². The van der Waals surface area contributed by atoms with Gasteiger partial charge in [0.25, 0.3) is 0 Å². The van der Waals surface area contributed by atoms with Gasteiger partial charge in [0.05, 0.1) is 29.8 Å². The van der Waals surface area contributed by atoms with Crippen molar-refractivity contribution in [2.75, 3.05) is 13.2 Å². The highest BCUT2D eigenvalue weighted by molar-refractivity contribution is 5.89. The van der Waals surface area contributed by atoms with Gasteiger partial charge in [-0.1, -0.05) is 18.2 Å². The van der Waals surface area contributed by atoms with Crippen molar-refractivity contribution in [1.82, 2.24) is 0 Å². The summed E-state index contributed by atoms with van der Waals surface area (Å²) in [4.78, 5) is 12.8. The van der Waals surface area contributed by atoms with E-state index in [0.717, 1.165) is 0 Å². The van der Waals surface area contributed by atoms with E-state index in [-0.39, 0.29) is 18.9 Å². The van der Waals surface area contributed by atoms with Crippen LogP contribution in [0.4, 0.5) is 0 Å². The molecule has 3 heterocycles. The first kappa shape index (κ1) is 21.9. The molecule has 33 heavy (non-hydrogen) atoms. The summed E-state index contributed by atoms with van der Waals surface area (Å²) in [6.07, 6.45) is -6.77. The minimum atomic E-state index is -1.41. The van der Waals surface area contributed by atoms with Crippen LogP contribution in [0.3, 0.4) is 0 Å². The van der Waals surface area contributed by atoms with Gasteiger partial charge in [0.2, 0.25) is 0 Å². The number of carbonyl (C=O) groups excluding carboxylic acids is 1. The highest BCUT2D eigenvalue weighted by Gasteiger charge is 2.90. The zero-order valence-electron chi connectivity index (χ0n) is 18.1. The molecule has 2 bridgehead atoms. The number of fused-ring (bicyclic) bond motifs is 1. The maximum Gasteiger partial charge on any atom is 0.338 e. The molecule has 1 aromatic carbocycles. The zero-order chi connectivity index (χ0) is 23.2. The third kappa shape index (κ3) is 2.58. The summed E-state index contributed by atoms with van der Waals surface area (Å²) in [6.45, 7) is 1.22. The SMILES string of the molecule is C[C@H]1O[C@@]23C[C@@H](O)[C@@H]4C[C@]1(O[C@@H]1O[C@H](CO)[C@@H](O)[C@H](O)[C@H]1O2)[C@@]43COC(=O)c1ccccc1. The molecule has 0 spiro atoms. The molecular formula is C23H28O10. The fourth-order valence-corrected chi connectivity index (χ4v) is 6.91. The van der Waals surface area contributed by atoms with Gasteiger partial charge in [-0.05, 0) is 25.5 Å². The number of rotatable bonds is 4. The third-order valence-corrected chi connectivity index (χ3v) is 8.48. The van der Waals surface area contributed by atoms with E-state index in [2.05, 4.69) is 0 Å². The number of esters is 1. The van der Waals surface area contributed by atoms with Crippen molar-refractivity contribution in [3.05, 3.63) is 35.9 Å². The second-order valence-corrected chi connectivity index (χ2v) is 9.81. The number of aliphatic hydroxyl groups excluding tert-OH is 4. The molecule has 6 rings (SSSR count). The average molecular weight is 464 g/mol. The van der Waals surface area contributed by atoms with Gasteiger partial charge < -0.3 is 44.1 Å². The summed E-state index contributed by atoms with van der Waals surface area (Å²) in [5.74, 6) is -2.23. The number of hydrogen-bond acceptors (Lipinski definition) is 10. The smallest absolute Gasteiger partial charge is 0.338 e. The molecule has 2 saturated carbocycles. The minimum Gasteiger partial charge on any atom is -0.461 e. The lowest BCUT2D eigenvalue weighted by Crippen LogP contribution is -2.71. The lowest BCUT2D eigenvalue weighted by Gasteiger charge is -2.59. The summed E-state index contributed by atoms with van der Waals surface area (Å²) in [7, 11) is 0. The van der Waals surface area contributed by atoms with Gasteiger partial charge in [0, 0.05) is 12.3 Å². The molecule has 10 nitrogen and oxygen atoms in total. The lowest BCUT2D eigenvalue weighted by molar-refractivity contribution is -0.377. The van der Waals surface area contributed by atoms with Crippen molar-refractivity contribution in [3.8, 4) is 0 Å². The predicted octanol–water partition coefficient (Wildman–Crippen LogP) is -0.677. The van der Waals surface area contributed by atoms with Crippen LogP contribution >= 0.6 is 0 Å². The van der Waals surface area contributed by atoms with Crippen LogP contribution in [0.5, 0.6) is 0 Å². The Morgan fingerprint density at radius 1 is 1.09 bits per heavy atom. The summed E-state index contributed by atoms with van der Waals surface area (Å²) in [5, 5.41) is 41.6. The summed E-state index contributed by atoms with van der Waals surface area (Å²) >= 11 is 0. The molecule has 0 aromatic heterocycles. The van der Waals surface area contributed by atoms with E-state index in [1.807, 2.05) is 6.92 Å². The number of hydrogen-bond donors (Lipinski definition) is 4. The van der Waals surface area contributed by atoms with Crippen LogP contribution in [-0.2, 0) is 23.7 Å². The number of benzene rings is 1. The molecule has 2 aliphatic carbocycles. The Kier molecular flexibility index (Phi) is 4.76. The molecule has 3 saturated heterocycles. The number of carbonyl (C=O) groups is 1. The van der Waals surface area contributed by atoms with Gasteiger partial charge >= 0.3 is 5.97 Å². The van der Waals surface area contributed by atoms with Crippen LogP contribution in [0.15, 0.2) is 30.3 Å². The Bertz CT molecular complexity index is 942. The van der Waals surface area contributed by atoms with Gasteiger partial charge in [-0.25, -0.2) is 4.79 Å². The second-order valence-electron chi connectivity index (χ2n) is 9.81. The first-order valence-corrected chi connectivity index (χ1v) is 11.3. The Morgan fingerprint density at radius 2 is 1.85 bits per heavy atom. The van der Waals surface area contributed by atoms with Crippen molar-refractivity contribution in [2.24, 2.45) is 11.3 Å². The van der Waals surface area contributed by atoms with E-state index in [9.17, 15) is 25.2 Å². The largest absolute Gasteiger partial charge is 0.461 e. The lowest BCUT2D eigenvalue weighted by atomic mass is 9.49. The molecule has 0 radical (unpaired) electrons. The molecule has 180 valence electrons. The number of aliphatic hydroxyl groups is 4. The Morgan fingerprint density at radius 3 is 2.58 bits per heavy atom. The van der Waals surface area contributed by atoms with Crippen molar-refractivity contribution in [3.63, 3.8) is 0 Å². The average Bonchev–Trinajstić information content (AvgIpc) is 3.02. The van der Waals surface area contributed by atoms with E-state index in [0.29, 0.717) is 12.0 Å². The van der Waals surface area contributed by atoms with Gasteiger partial charge in [0.15, 0.2) is 12.1 Å². The standard InChI is InChI=1S/C23H28O10/c1-11-22-7-13-14(25)8-23(31-11,21(13,22)10-29-19(28)12-5-3-2-4-6-12)32-18-17(27)16(26)15(9-24)30-20(18)33-22/h2-6,11,13-18,20,24-27H,7-10H2,1H3/t11-,13+,14-,15-,16-,17+,18-,20+,21-,22-,23+/m1/s1. The topological polar surface area (TPSA) is 144 Å². The Hall–Kier alpha value is -1.63. The van der Waals surface area contributed by atoms with Gasteiger partial charge in [-0.2, -0.15) is 0 Å². The molecule has 1 aromatic rings. The molecule has 11 atom stereocenters. The first-order valence-electron chi connectivity index (χ1n) is 11.3. The molecule has 0 unspecified atom stereocenters. The molecule has 5 aliphatic rings. The normalized spacial score (nSPS) is 51.8. The van der Waals surface area contributed by atoms with Crippen LogP contribution in [-0.4, -0.2) is 93.9 Å². The van der Waals surface area contributed by atoms with Crippen molar-refractivity contribution in [1.29, 1.82) is 0 Å². The van der Waals surface area contributed by atoms with Crippen LogP contribution in [0.25, 0.3) is 0 Å². The fourth-order valence-electron chi connectivity index (χ4n) is 6.91. The maximum atomic E-state index is 12.8. The van der Waals surface area contributed by atoms with Gasteiger partial charge in [-0.15, -0.1) is 0 Å². The fraction of sp³-hybridized carbons (Fsp3) is 0.696. The zero-order valence-corrected chi connectivity index (χ0v) is 18.1.